The van der Waals surface area contributed by atoms with Crippen LogP contribution in [-0.4, -0.2) is 39.8 Å². The molecule has 0 atom stereocenters. The number of hydrogen-bond donors (Lipinski definition) is 1. The summed E-state index contributed by atoms with van der Waals surface area (Å²) in [4.78, 5) is 11.1. The van der Waals surface area contributed by atoms with E-state index < -0.39 is 11.8 Å². The Kier molecular flexibility index (Phi) is 4.87. The van der Waals surface area contributed by atoms with Gasteiger partial charge in [0.05, 0.1) is 23.9 Å². The molecule has 6 nitrogen and oxygen atoms in total. The normalized spacial score (nSPS) is 10.8. The molecule has 0 aliphatic carbocycles. The first-order valence-corrected chi connectivity index (χ1v) is 6.50. The van der Waals surface area contributed by atoms with Gasteiger partial charge in [-0.3, -0.25) is 0 Å². The lowest BCUT2D eigenvalue weighted by Crippen LogP contribution is -2.12. The maximum Gasteiger partial charge on any atom is 0.358 e. The van der Waals surface area contributed by atoms with Gasteiger partial charge >= 0.3 is 5.97 Å². The second kappa shape index (κ2) is 6.64. The number of nitrogens with zero attached hydrogens (tertiary/aromatic N) is 3. The van der Waals surface area contributed by atoms with Crippen LogP contribution in [0.3, 0.4) is 0 Å². The van der Waals surface area contributed by atoms with Crippen molar-refractivity contribution < 1.29 is 19.0 Å². The lowest BCUT2D eigenvalue weighted by molar-refractivity contribution is 0.0688. The van der Waals surface area contributed by atoms with E-state index in [-0.39, 0.29) is 17.3 Å². The van der Waals surface area contributed by atoms with Gasteiger partial charge in [0.25, 0.3) is 0 Å². The number of aromatic carboxylic acids is 1. The van der Waals surface area contributed by atoms with Crippen LogP contribution in [0.25, 0.3) is 0 Å². The third kappa shape index (κ3) is 3.37. The van der Waals surface area contributed by atoms with Gasteiger partial charge in [0.1, 0.15) is 5.82 Å². The highest BCUT2D eigenvalue weighted by Crippen LogP contribution is 2.21. The summed E-state index contributed by atoms with van der Waals surface area (Å²) in [6.07, 6.45) is 0.331. The Labute approximate surface area is 125 Å². The van der Waals surface area contributed by atoms with Crippen molar-refractivity contribution in [3.8, 4) is 0 Å². The van der Waals surface area contributed by atoms with E-state index in [1.807, 2.05) is 0 Å². The van der Waals surface area contributed by atoms with Crippen LogP contribution in [0.4, 0.5) is 4.39 Å². The fraction of sp³-hybridized carbons (Fsp3) is 0.308. The molecule has 1 aromatic carbocycles. The van der Waals surface area contributed by atoms with Gasteiger partial charge in [-0.15, -0.1) is 5.10 Å². The first-order chi connectivity index (χ1) is 10.0. The number of carboxylic acids is 1. The van der Waals surface area contributed by atoms with Gasteiger partial charge in [-0.2, -0.15) is 0 Å². The summed E-state index contributed by atoms with van der Waals surface area (Å²) >= 11 is 5.89. The summed E-state index contributed by atoms with van der Waals surface area (Å²) < 4.78 is 19.8. The fourth-order valence-electron chi connectivity index (χ4n) is 1.90. The molecule has 0 saturated carbocycles. The van der Waals surface area contributed by atoms with Gasteiger partial charge in [-0.1, -0.05) is 28.9 Å². The van der Waals surface area contributed by atoms with Gasteiger partial charge < -0.3 is 9.84 Å². The zero-order valence-corrected chi connectivity index (χ0v) is 12.0. The molecule has 0 fully saturated rings. The van der Waals surface area contributed by atoms with Crippen molar-refractivity contribution in [2.24, 2.45) is 0 Å². The second-order valence-corrected chi connectivity index (χ2v) is 4.68. The van der Waals surface area contributed by atoms with Crippen LogP contribution in [-0.2, 0) is 17.7 Å². The summed E-state index contributed by atoms with van der Waals surface area (Å²) in [5.41, 5.74) is 0.765. The number of hydrogen-bond acceptors (Lipinski definition) is 4. The van der Waals surface area contributed by atoms with Crippen LogP contribution in [0.2, 0.25) is 5.02 Å². The molecule has 0 radical (unpaired) electrons. The van der Waals surface area contributed by atoms with Gasteiger partial charge in [0, 0.05) is 13.5 Å². The molecule has 1 aromatic heterocycles. The Balaban J connectivity index is 2.35. The number of ether oxygens (including phenoxy) is 1. The van der Waals surface area contributed by atoms with E-state index in [1.165, 1.54) is 23.9 Å². The van der Waals surface area contributed by atoms with Crippen LogP contribution in [0, 0.1) is 5.82 Å². The monoisotopic (exact) mass is 313 g/mol. The maximum atomic E-state index is 13.4. The molecule has 8 heteroatoms. The minimum atomic E-state index is -1.17. The summed E-state index contributed by atoms with van der Waals surface area (Å²) in [5.74, 6) is -1.70. The van der Waals surface area contributed by atoms with E-state index >= 15 is 0 Å². The van der Waals surface area contributed by atoms with Crippen molar-refractivity contribution in [3.63, 3.8) is 0 Å². The quantitative estimate of drug-likeness (QED) is 0.882. The van der Waals surface area contributed by atoms with Crippen molar-refractivity contribution in [2.75, 3.05) is 13.7 Å². The van der Waals surface area contributed by atoms with Gasteiger partial charge in [-0.05, 0) is 11.6 Å². The van der Waals surface area contributed by atoms with E-state index in [0.717, 1.165) is 0 Å². The Morgan fingerprint density at radius 1 is 1.52 bits per heavy atom. The average Bonchev–Trinajstić information content (AvgIpc) is 2.84. The maximum absolute atomic E-state index is 13.4. The lowest BCUT2D eigenvalue weighted by Gasteiger charge is -2.08. The summed E-state index contributed by atoms with van der Waals surface area (Å²) in [5, 5.41) is 16.5. The minimum absolute atomic E-state index is 0.0115. The number of carbonyl (C=O) groups is 1. The molecule has 0 saturated heterocycles. The van der Waals surface area contributed by atoms with Crippen LogP contribution >= 0.6 is 11.6 Å². The smallest absolute Gasteiger partial charge is 0.358 e. The van der Waals surface area contributed by atoms with E-state index in [9.17, 15) is 9.18 Å². The Morgan fingerprint density at radius 3 is 2.95 bits per heavy atom. The predicted octanol–water partition coefficient (Wildman–Crippen LogP) is 2.01. The molecule has 2 aromatic rings. The lowest BCUT2D eigenvalue weighted by atomic mass is 10.2. The molecular weight excluding hydrogens is 301 g/mol. The highest BCUT2D eigenvalue weighted by molar-refractivity contribution is 6.31. The molecule has 0 aliphatic rings. The van der Waals surface area contributed by atoms with Crippen LogP contribution in [0.15, 0.2) is 18.2 Å². The Hall–Kier alpha value is -1.99. The van der Waals surface area contributed by atoms with E-state index in [4.69, 9.17) is 21.4 Å². The van der Waals surface area contributed by atoms with E-state index in [2.05, 4.69) is 10.3 Å². The van der Waals surface area contributed by atoms with Gasteiger partial charge in [0.2, 0.25) is 0 Å². The first kappa shape index (κ1) is 15.4. The predicted molar refractivity (Wildman–Crippen MR) is 73.1 cm³/mol. The zero-order valence-electron chi connectivity index (χ0n) is 11.2. The zero-order chi connectivity index (χ0) is 15.4. The molecule has 112 valence electrons. The molecule has 1 N–H and O–H groups in total. The number of carboxylic acid groups (broad SMARTS) is 1. The number of halogens is 2. The molecule has 2 rings (SSSR count). The molecule has 0 aliphatic heterocycles. The van der Waals surface area contributed by atoms with Crippen LogP contribution < -0.4 is 0 Å². The number of aromatic nitrogens is 3. The summed E-state index contributed by atoms with van der Waals surface area (Å²) in [6.45, 7) is 0.459. The number of rotatable bonds is 6. The standard InChI is InChI=1S/C13H13ClFN3O3/c1-21-6-5-10-12(13(19)20)16-17-18(10)7-8-3-2-4-9(15)11(8)14/h2-4H,5-7H2,1H3,(H,19,20). The van der Waals surface area contributed by atoms with Crippen molar-refractivity contribution in [1.82, 2.24) is 15.0 Å². The van der Waals surface area contributed by atoms with Crippen molar-refractivity contribution in [1.29, 1.82) is 0 Å². The minimum Gasteiger partial charge on any atom is -0.476 e. The topological polar surface area (TPSA) is 77.2 Å². The fourth-order valence-corrected chi connectivity index (χ4v) is 2.09. The first-order valence-electron chi connectivity index (χ1n) is 6.12. The molecule has 0 amide bonds. The van der Waals surface area contributed by atoms with Crippen molar-refractivity contribution in [2.45, 2.75) is 13.0 Å². The van der Waals surface area contributed by atoms with Gasteiger partial charge in [-0.25, -0.2) is 13.9 Å². The largest absolute Gasteiger partial charge is 0.476 e. The van der Waals surface area contributed by atoms with Crippen LogP contribution in [0.1, 0.15) is 21.7 Å². The third-order valence-electron chi connectivity index (χ3n) is 2.93. The third-order valence-corrected chi connectivity index (χ3v) is 3.36. The van der Waals surface area contributed by atoms with Crippen LogP contribution in [0.5, 0.6) is 0 Å². The SMILES string of the molecule is COCCc1c(C(=O)O)nnn1Cc1cccc(F)c1Cl. The molecule has 0 unspecified atom stereocenters. The second-order valence-electron chi connectivity index (χ2n) is 4.30. The molecule has 0 spiro atoms. The number of benzene rings is 1. The average molecular weight is 314 g/mol. The van der Waals surface area contributed by atoms with Crippen molar-refractivity contribution in [3.05, 3.63) is 46.0 Å². The molecule has 0 bridgehead atoms. The van der Waals surface area contributed by atoms with E-state index in [0.29, 0.717) is 24.3 Å². The Bertz CT molecular complexity index is 660. The Morgan fingerprint density at radius 2 is 2.29 bits per heavy atom. The van der Waals surface area contributed by atoms with Crippen molar-refractivity contribution >= 4 is 17.6 Å². The summed E-state index contributed by atoms with van der Waals surface area (Å²) in [7, 11) is 1.51. The molecule has 21 heavy (non-hydrogen) atoms. The number of methoxy groups -OCH3 is 1. The van der Waals surface area contributed by atoms with E-state index in [1.54, 1.807) is 6.07 Å². The molecular formula is C13H13ClFN3O3. The molecule has 1 heterocycles. The highest BCUT2D eigenvalue weighted by atomic mass is 35.5. The highest BCUT2D eigenvalue weighted by Gasteiger charge is 2.19. The summed E-state index contributed by atoms with van der Waals surface area (Å²) in [6, 6.07) is 4.43. The van der Waals surface area contributed by atoms with Gasteiger partial charge in [0.15, 0.2) is 5.69 Å².